The van der Waals surface area contributed by atoms with Crippen LogP contribution in [0.4, 0.5) is 11.4 Å². The van der Waals surface area contributed by atoms with Crippen LogP contribution in [-0.4, -0.2) is 32.6 Å². The van der Waals surface area contributed by atoms with Crippen LogP contribution in [0.2, 0.25) is 0 Å². The molecule has 1 aliphatic rings. The molecule has 0 aromatic heterocycles. The zero-order valence-corrected chi connectivity index (χ0v) is 20.0. The maximum absolute atomic E-state index is 13.5. The molecule has 3 aromatic rings. The van der Waals surface area contributed by atoms with E-state index in [4.69, 9.17) is 9.47 Å². The number of carbonyl (C=O) groups excluding carboxylic acids is 2. The summed E-state index contributed by atoms with van der Waals surface area (Å²) in [6, 6.07) is 22.5. The maximum Gasteiger partial charge on any atom is 0.231 e. The molecule has 0 radical (unpaired) electrons. The number of amides is 2. The molecule has 2 amide bonds. The fraction of sp³-hybridized carbons (Fsp3) is 0.231. The smallest absolute Gasteiger partial charge is 0.231 e. The normalized spacial score (nSPS) is 17.7. The van der Waals surface area contributed by atoms with Gasteiger partial charge < -0.3 is 19.7 Å². The highest BCUT2D eigenvalue weighted by Crippen LogP contribution is 2.39. The van der Waals surface area contributed by atoms with Crippen molar-refractivity contribution in [2.24, 2.45) is 5.92 Å². The maximum atomic E-state index is 13.5. The van der Waals surface area contributed by atoms with Gasteiger partial charge in [-0.15, -0.1) is 0 Å². The summed E-state index contributed by atoms with van der Waals surface area (Å²) < 4.78 is 11.4. The van der Waals surface area contributed by atoms with Crippen LogP contribution < -0.4 is 19.7 Å². The van der Waals surface area contributed by atoms with Crippen molar-refractivity contribution in [3.63, 3.8) is 0 Å². The number of nitrogens with zero attached hydrogens (tertiary/aromatic N) is 1. The number of ether oxygens (including phenoxy) is 2. The zero-order chi connectivity index (χ0) is 23.4. The quantitative estimate of drug-likeness (QED) is 0.473. The van der Waals surface area contributed by atoms with E-state index in [9.17, 15) is 9.59 Å². The van der Waals surface area contributed by atoms with Gasteiger partial charge in [-0.2, -0.15) is 0 Å². The van der Waals surface area contributed by atoms with Crippen LogP contribution >= 0.6 is 15.9 Å². The fourth-order valence-corrected chi connectivity index (χ4v) is 4.41. The predicted molar refractivity (Wildman–Crippen MR) is 132 cm³/mol. The molecule has 0 bridgehead atoms. The zero-order valence-electron chi connectivity index (χ0n) is 18.5. The molecule has 0 spiro atoms. The Bertz CT molecular complexity index is 1110. The second-order valence-electron chi connectivity index (χ2n) is 7.89. The number of halogens is 1. The Morgan fingerprint density at radius 2 is 1.52 bits per heavy atom. The number of hydrogen-bond acceptors (Lipinski definition) is 4. The van der Waals surface area contributed by atoms with Gasteiger partial charge >= 0.3 is 0 Å². The van der Waals surface area contributed by atoms with E-state index in [0.29, 0.717) is 18.0 Å². The molecule has 170 valence electrons. The van der Waals surface area contributed by atoms with E-state index >= 15 is 0 Å². The van der Waals surface area contributed by atoms with E-state index in [0.717, 1.165) is 21.5 Å². The molecule has 1 N–H and O–H groups in total. The van der Waals surface area contributed by atoms with Crippen molar-refractivity contribution in [3.05, 3.63) is 82.8 Å². The molecule has 0 saturated carbocycles. The van der Waals surface area contributed by atoms with Crippen LogP contribution in [0.15, 0.2) is 77.3 Å². The van der Waals surface area contributed by atoms with Gasteiger partial charge in [0.15, 0.2) is 0 Å². The number of nitrogens with one attached hydrogen (secondary N) is 1. The monoisotopic (exact) mass is 508 g/mol. The van der Waals surface area contributed by atoms with Gasteiger partial charge in [-0.3, -0.25) is 9.59 Å². The highest BCUT2D eigenvalue weighted by atomic mass is 79.9. The third-order valence-corrected chi connectivity index (χ3v) is 6.44. The standard InChI is InChI=1S/C26H25BrN2O4/c1-32-21-11-3-17(4-12-21)24-16-29(20-9-5-18(27)6-10-20)26(31)23(24)15-25(30)28-19-7-13-22(33-2)14-8-19/h3-14,23-24H,15-16H2,1-2H3,(H,28,30)/t23-,24-/m1/s1. The van der Waals surface area contributed by atoms with E-state index in [1.165, 1.54) is 0 Å². The van der Waals surface area contributed by atoms with E-state index in [-0.39, 0.29) is 24.2 Å². The fourth-order valence-electron chi connectivity index (χ4n) is 4.14. The molecule has 3 aromatic carbocycles. The summed E-state index contributed by atoms with van der Waals surface area (Å²) in [4.78, 5) is 28.1. The van der Waals surface area contributed by atoms with Gasteiger partial charge in [0, 0.05) is 34.7 Å². The van der Waals surface area contributed by atoms with Crippen molar-refractivity contribution < 1.29 is 19.1 Å². The highest BCUT2D eigenvalue weighted by Gasteiger charge is 2.42. The Labute approximate surface area is 201 Å². The minimum absolute atomic E-state index is 0.0528. The first kappa shape index (κ1) is 22.9. The molecule has 1 heterocycles. The largest absolute Gasteiger partial charge is 0.497 e. The molecule has 4 rings (SSSR count). The number of carbonyl (C=O) groups is 2. The van der Waals surface area contributed by atoms with Crippen molar-refractivity contribution in [2.45, 2.75) is 12.3 Å². The minimum Gasteiger partial charge on any atom is -0.497 e. The van der Waals surface area contributed by atoms with Crippen molar-refractivity contribution in [2.75, 3.05) is 31.0 Å². The van der Waals surface area contributed by atoms with Gasteiger partial charge in [-0.25, -0.2) is 0 Å². The molecule has 1 fully saturated rings. The number of rotatable bonds is 7. The van der Waals surface area contributed by atoms with Crippen LogP contribution in [0.3, 0.4) is 0 Å². The Balaban J connectivity index is 1.57. The Kier molecular flexibility index (Phi) is 6.99. The molecular formula is C26H25BrN2O4. The Morgan fingerprint density at radius 3 is 2.09 bits per heavy atom. The number of benzene rings is 3. The first-order valence-electron chi connectivity index (χ1n) is 10.6. The number of anilines is 2. The van der Waals surface area contributed by atoms with E-state index < -0.39 is 5.92 Å². The van der Waals surface area contributed by atoms with Crippen LogP contribution in [0, 0.1) is 5.92 Å². The Morgan fingerprint density at radius 1 is 0.939 bits per heavy atom. The molecular weight excluding hydrogens is 484 g/mol. The lowest BCUT2D eigenvalue weighted by Gasteiger charge is -2.17. The van der Waals surface area contributed by atoms with Gasteiger partial charge in [-0.1, -0.05) is 28.1 Å². The lowest BCUT2D eigenvalue weighted by molar-refractivity contribution is -0.125. The first-order chi connectivity index (χ1) is 16.0. The molecule has 7 heteroatoms. The van der Waals surface area contributed by atoms with Crippen molar-refractivity contribution in [1.29, 1.82) is 0 Å². The average Bonchev–Trinajstić information content (AvgIpc) is 3.16. The van der Waals surface area contributed by atoms with Gasteiger partial charge in [0.25, 0.3) is 0 Å². The second kappa shape index (κ2) is 10.1. The molecule has 1 saturated heterocycles. The average molecular weight is 509 g/mol. The summed E-state index contributed by atoms with van der Waals surface area (Å²) in [5.74, 6) is 0.622. The molecule has 0 unspecified atom stereocenters. The summed E-state index contributed by atoms with van der Waals surface area (Å²) in [5.41, 5.74) is 2.49. The molecule has 33 heavy (non-hydrogen) atoms. The minimum atomic E-state index is -0.472. The van der Waals surface area contributed by atoms with Crippen molar-refractivity contribution in [1.82, 2.24) is 0 Å². The third kappa shape index (κ3) is 5.20. The summed E-state index contributed by atoms with van der Waals surface area (Å²) in [7, 11) is 3.21. The summed E-state index contributed by atoms with van der Waals surface area (Å²) in [6.07, 6.45) is 0.0919. The lowest BCUT2D eigenvalue weighted by Crippen LogP contribution is -2.29. The van der Waals surface area contributed by atoms with E-state index in [1.54, 1.807) is 43.4 Å². The molecule has 2 atom stereocenters. The van der Waals surface area contributed by atoms with Crippen LogP contribution in [0.5, 0.6) is 11.5 Å². The van der Waals surface area contributed by atoms with Gasteiger partial charge in [-0.05, 0) is 66.2 Å². The SMILES string of the molecule is COc1ccc(NC(=O)C[C@H]2C(=O)N(c3ccc(Br)cc3)C[C@@H]2c2ccc(OC)cc2)cc1. The molecule has 1 aliphatic heterocycles. The summed E-state index contributed by atoms with van der Waals surface area (Å²) in [6.45, 7) is 0.507. The van der Waals surface area contributed by atoms with Crippen molar-refractivity contribution >= 4 is 39.1 Å². The van der Waals surface area contributed by atoms with E-state index in [1.807, 2.05) is 48.5 Å². The summed E-state index contributed by atoms with van der Waals surface area (Å²) >= 11 is 3.44. The first-order valence-corrected chi connectivity index (χ1v) is 11.4. The molecule has 6 nitrogen and oxygen atoms in total. The van der Waals surface area contributed by atoms with E-state index in [2.05, 4.69) is 21.2 Å². The predicted octanol–water partition coefficient (Wildman–Crippen LogP) is 5.24. The molecule has 0 aliphatic carbocycles. The van der Waals surface area contributed by atoms with Crippen LogP contribution in [0.25, 0.3) is 0 Å². The van der Waals surface area contributed by atoms with Gasteiger partial charge in [0.2, 0.25) is 11.8 Å². The highest BCUT2D eigenvalue weighted by molar-refractivity contribution is 9.10. The number of hydrogen-bond donors (Lipinski definition) is 1. The van der Waals surface area contributed by atoms with Crippen LogP contribution in [-0.2, 0) is 9.59 Å². The number of methoxy groups -OCH3 is 2. The van der Waals surface area contributed by atoms with Gasteiger partial charge in [0.1, 0.15) is 11.5 Å². The third-order valence-electron chi connectivity index (χ3n) is 5.91. The van der Waals surface area contributed by atoms with Crippen LogP contribution in [0.1, 0.15) is 17.9 Å². The Hall–Kier alpha value is -3.32. The second-order valence-corrected chi connectivity index (χ2v) is 8.81. The van der Waals surface area contributed by atoms with Crippen molar-refractivity contribution in [3.8, 4) is 11.5 Å². The lowest BCUT2D eigenvalue weighted by atomic mass is 9.86. The summed E-state index contributed by atoms with van der Waals surface area (Å²) in [5, 5.41) is 2.90. The van der Waals surface area contributed by atoms with Gasteiger partial charge in [0.05, 0.1) is 20.1 Å². The topological polar surface area (TPSA) is 67.9 Å².